The lowest BCUT2D eigenvalue weighted by Crippen LogP contribution is -2.25. The molecule has 22 heavy (non-hydrogen) atoms. The highest BCUT2D eigenvalue weighted by Crippen LogP contribution is 2.12. The molecule has 0 atom stereocenters. The summed E-state index contributed by atoms with van der Waals surface area (Å²) >= 11 is 0. The zero-order valence-corrected chi connectivity index (χ0v) is 11.9. The van der Waals surface area contributed by atoms with Gasteiger partial charge in [-0.2, -0.15) is 5.26 Å². The van der Waals surface area contributed by atoms with Crippen LogP contribution in [0.1, 0.15) is 11.1 Å². The maximum atomic E-state index is 11.9. The lowest BCUT2D eigenvalue weighted by molar-refractivity contribution is -0.385. The van der Waals surface area contributed by atoms with E-state index in [1.807, 2.05) is 19.1 Å². The maximum Gasteiger partial charge on any atom is 0.287 e. The molecule has 2 rings (SSSR count). The minimum absolute atomic E-state index is 0.114. The first kappa shape index (κ1) is 15.3. The van der Waals surface area contributed by atoms with Crippen molar-refractivity contribution < 1.29 is 9.66 Å². The third-order valence-electron chi connectivity index (χ3n) is 3.02. The minimum Gasteiger partial charge on any atom is -0.492 e. The number of pyridine rings is 1. The smallest absolute Gasteiger partial charge is 0.287 e. The standard InChI is InChI=1S/C15H13N3O4/c1-11-2-4-14(5-3-11)22-7-6-17-10-13(18(20)21)8-12(9-16)15(17)19/h2-5,8,10H,6-7H2,1H3. The Bertz CT molecular complexity index is 788. The van der Waals surface area contributed by atoms with E-state index >= 15 is 0 Å². The molecule has 0 fully saturated rings. The number of hydrogen-bond acceptors (Lipinski definition) is 5. The molecule has 0 N–H and O–H groups in total. The number of benzene rings is 1. The van der Waals surface area contributed by atoms with Crippen LogP contribution in [0.15, 0.2) is 41.3 Å². The van der Waals surface area contributed by atoms with Gasteiger partial charge in [-0.1, -0.05) is 17.7 Å². The molecule has 7 heteroatoms. The number of rotatable bonds is 5. The number of nitrogens with zero attached hydrogens (tertiary/aromatic N) is 3. The first-order chi connectivity index (χ1) is 10.5. The maximum absolute atomic E-state index is 11.9. The first-order valence-corrected chi connectivity index (χ1v) is 6.49. The van der Waals surface area contributed by atoms with Gasteiger partial charge in [0.05, 0.1) is 17.7 Å². The summed E-state index contributed by atoms with van der Waals surface area (Å²) in [5, 5.41) is 19.7. The summed E-state index contributed by atoms with van der Waals surface area (Å²) in [6.07, 6.45) is 1.11. The third-order valence-corrected chi connectivity index (χ3v) is 3.02. The van der Waals surface area contributed by atoms with E-state index in [1.54, 1.807) is 18.2 Å². The van der Waals surface area contributed by atoms with Gasteiger partial charge in [0.15, 0.2) is 0 Å². The molecule has 1 heterocycles. The fourth-order valence-corrected chi connectivity index (χ4v) is 1.86. The molecule has 0 aliphatic carbocycles. The van der Waals surface area contributed by atoms with Crippen LogP contribution in [0, 0.1) is 28.4 Å². The highest BCUT2D eigenvalue weighted by molar-refractivity contribution is 5.37. The van der Waals surface area contributed by atoms with Crippen molar-refractivity contribution in [1.29, 1.82) is 5.26 Å². The molecule has 0 unspecified atom stereocenters. The van der Waals surface area contributed by atoms with E-state index in [1.165, 1.54) is 0 Å². The van der Waals surface area contributed by atoms with Gasteiger partial charge in [-0.05, 0) is 19.1 Å². The van der Waals surface area contributed by atoms with Gasteiger partial charge in [0, 0.05) is 6.07 Å². The Morgan fingerprint density at radius 1 is 1.36 bits per heavy atom. The second kappa shape index (κ2) is 6.54. The number of aryl methyl sites for hydroxylation is 1. The SMILES string of the molecule is Cc1ccc(OCCn2cc([N+](=O)[O-])cc(C#N)c2=O)cc1. The molecule has 0 aliphatic heterocycles. The average Bonchev–Trinajstić information content (AvgIpc) is 2.50. The molecular weight excluding hydrogens is 286 g/mol. The Labute approximate surface area is 126 Å². The van der Waals surface area contributed by atoms with Gasteiger partial charge in [0.1, 0.15) is 24.0 Å². The van der Waals surface area contributed by atoms with E-state index in [-0.39, 0.29) is 24.4 Å². The molecule has 1 aromatic carbocycles. The predicted molar refractivity (Wildman–Crippen MR) is 78.7 cm³/mol. The Hall–Kier alpha value is -3.14. The third kappa shape index (κ3) is 3.49. The average molecular weight is 299 g/mol. The van der Waals surface area contributed by atoms with Crippen LogP contribution in [0.2, 0.25) is 0 Å². The van der Waals surface area contributed by atoms with E-state index in [0.29, 0.717) is 5.75 Å². The molecule has 0 aliphatic rings. The molecular formula is C15H13N3O4. The van der Waals surface area contributed by atoms with Crippen LogP contribution in [0.25, 0.3) is 0 Å². The number of aromatic nitrogens is 1. The number of nitro groups is 1. The van der Waals surface area contributed by atoms with Crippen molar-refractivity contribution in [2.24, 2.45) is 0 Å². The lowest BCUT2D eigenvalue weighted by atomic mass is 10.2. The van der Waals surface area contributed by atoms with Crippen LogP contribution in [-0.4, -0.2) is 16.1 Å². The fourth-order valence-electron chi connectivity index (χ4n) is 1.86. The summed E-state index contributed by atoms with van der Waals surface area (Å²) in [5.74, 6) is 0.643. The van der Waals surface area contributed by atoms with Crippen LogP contribution in [0.5, 0.6) is 5.75 Å². The summed E-state index contributed by atoms with van der Waals surface area (Å²) in [5.41, 5.74) is -0.0301. The van der Waals surface area contributed by atoms with Crippen molar-refractivity contribution in [3.63, 3.8) is 0 Å². The quantitative estimate of drug-likeness (QED) is 0.621. The summed E-state index contributed by atoms with van der Waals surface area (Å²) in [7, 11) is 0. The van der Waals surface area contributed by atoms with Crippen LogP contribution in [0.3, 0.4) is 0 Å². The minimum atomic E-state index is -0.641. The van der Waals surface area contributed by atoms with E-state index < -0.39 is 10.5 Å². The molecule has 112 valence electrons. The Kier molecular flexibility index (Phi) is 4.53. The summed E-state index contributed by atoms with van der Waals surface area (Å²) in [6, 6.07) is 10.0. The van der Waals surface area contributed by atoms with E-state index in [2.05, 4.69) is 0 Å². The van der Waals surface area contributed by atoms with E-state index in [4.69, 9.17) is 10.00 Å². The van der Waals surface area contributed by atoms with Gasteiger partial charge in [-0.3, -0.25) is 14.9 Å². The van der Waals surface area contributed by atoms with Gasteiger partial charge < -0.3 is 9.30 Å². The predicted octanol–water partition coefficient (Wildman–Crippen LogP) is 2.02. The van der Waals surface area contributed by atoms with Crippen molar-refractivity contribution in [1.82, 2.24) is 4.57 Å². The highest BCUT2D eigenvalue weighted by atomic mass is 16.6. The first-order valence-electron chi connectivity index (χ1n) is 6.49. The molecule has 0 spiro atoms. The number of nitriles is 1. The second-order valence-corrected chi connectivity index (χ2v) is 4.64. The van der Waals surface area contributed by atoms with Crippen molar-refractivity contribution in [3.8, 4) is 11.8 Å². The Morgan fingerprint density at radius 3 is 2.64 bits per heavy atom. The highest BCUT2D eigenvalue weighted by Gasteiger charge is 2.13. The van der Waals surface area contributed by atoms with Crippen molar-refractivity contribution in [2.75, 3.05) is 6.61 Å². The number of ether oxygens (including phenoxy) is 1. The second-order valence-electron chi connectivity index (χ2n) is 4.64. The van der Waals surface area contributed by atoms with Crippen LogP contribution < -0.4 is 10.3 Å². The monoisotopic (exact) mass is 299 g/mol. The zero-order valence-electron chi connectivity index (χ0n) is 11.9. The summed E-state index contributed by atoms with van der Waals surface area (Å²) in [6.45, 7) is 2.23. The molecule has 7 nitrogen and oxygen atoms in total. The van der Waals surface area contributed by atoms with Gasteiger partial charge in [-0.15, -0.1) is 0 Å². The zero-order chi connectivity index (χ0) is 16.1. The van der Waals surface area contributed by atoms with E-state index in [9.17, 15) is 14.9 Å². The molecule has 0 saturated heterocycles. The van der Waals surface area contributed by atoms with Crippen molar-refractivity contribution in [2.45, 2.75) is 13.5 Å². The summed E-state index contributed by atoms with van der Waals surface area (Å²) in [4.78, 5) is 22.1. The molecule has 1 aromatic heterocycles. The van der Waals surface area contributed by atoms with Crippen LogP contribution >= 0.6 is 0 Å². The van der Waals surface area contributed by atoms with Gasteiger partial charge in [0.25, 0.3) is 11.2 Å². The van der Waals surface area contributed by atoms with Gasteiger partial charge in [0.2, 0.25) is 0 Å². The van der Waals surface area contributed by atoms with Crippen molar-refractivity contribution in [3.05, 3.63) is 68.1 Å². The fraction of sp³-hybridized carbons (Fsp3) is 0.200. The van der Waals surface area contributed by atoms with E-state index in [0.717, 1.165) is 22.4 Å². The molecule has 0 bridgehead atoms. The van der Waals surface area contributed by atoms with Crippen LogP contribution in [-0.2, 0) is 6.54 Å². The number of hydrogen-bond donors (Lipinski definition) is 0. The van der Waals surface area contributed by atoms with Gasteiger partial charge >= 0.3 is 0 Å². The summed E-state index contributed by atoms with van der Waals surface area (Å²) < 4.78 is 6.60. The molecule has 0 saturated carbocycles. The topological polar surface area (TPSA) is 98.2 Å². The Morgan fingerprint density at radius 2 is 2.05 bits per heavy atom. The molecule has 0 radical (unpaired) electrons. The van der Waals surface area contributed by atoms with Crippen LogP contribution in [0.4, 0.5) is 5.69 Å². The molecule has 2 aromatic rings. The van der Waals surface area contributed by atoms with Gasteiger partial charge in [-0.25, -0.2) is 0 Å². The largest absolute Gasteiger partial charge is 0.492 e. The van der Waals surface area contributed by atoms with Crippen molar-refractivity contribution >= 4 is 5.69 Å². The molecule has 0 amide bonds. The normalized spacial score (nSPS) is 10.0. The Balaban J connectivity index is 2.14. The lowest BCUT2D eigenvalue weighted by Gasteiger charge is -2.08.